The minimum atomic E-state index is -1.38. The highest BCUT2D eigenvalue weighted by atomic mass is 16.7. The van der Waals surface area contributed by atoms with Gasteiger partial charge in [0.25, 0.3) is 0 Å². The number of rotatable bonds is 6. The standard InChI is InChI=1S/C16H23NO9/c1-7(18)17-13-12-14(24-9(3)20)16(12,26-10(4)21)11(6-23-8(2)19)25-15(13)22-5/h11-15H,6H2,1-5H3,(H,17,18)/t11?,12?,13?,14?,15-,16?/m1/s1. The number of hydrogen-bond donors (Lipinski definition) is 1. The largest absolute Gasteiger partial charge is 0.463 e. The Balaban J connectivity index is 2.40. The molecule has 0 aromatic rings. The molecule has 1 saturated heterocycles. The number of fused-ring (bicyclic) bond motifs is 1. The van der Waals surface area contributed by atoms with Crippen molar-refractivity contribution in [1.29, 1.82) is 0 Å². The summed E-state index contributed by atoms with van der Waals surface area (Å²) in [6, 6.07) is -0.727. The van der Waals surface area contributed by atoms with Crippen LogP contribution in [0.4, 0.5) is 0 Å². The summed E-state index contributed by atoms with van der Waals surface area (Å²) in [5, 5.41) is 2.68. The van der Waals surface area contributed by atoms with Crippen molar-refractivity contribution in [1.82, 2.24) is 5.32 Å². The Labute approximate surface area is 150 Å². The second-order valence-corrected chi connectivity index (χ2v) is 6.26. The van der Waals surface area contributed by atoms with Gasteiger partial charge in [-0.15, -0.1) is 0 Å². The lowest BCUT2D eigenvalue weighted by Crippen LogP contribution is -2.58. The van der Waals surface area contributed by atoms with Crippen LogP contribution >= 0.6 is 0 Å². The van der Waals surface area contributed by atoms with Crippen LogP contribution in [0.2, 0.25) is 0 Å². The van der Waals surface area contributed by atoms with E-state index in [-0.39, 0.29) is 12.5 Å². The number of nitrogens with one attached hydrogen (secondary N) is 1. The third kappa shape index (κ3) is 3.80. The van der Waals surface area contributed by atoms with E-state index in [2.05, 4.69) is 5.32 Å². The first-order valence-electron chi connectivity index (χ1n) is 8.09. The van der Waals surface area contributed by atoms with Gasteiger partial charge >= 0.3 is 17.9 Å². The Hall–Kier alpha value is -2.20. The molecule has 0 aromatic carbocycles. The maximum Gasteiger partial charge on any atom is 0.303 e. The Bertz CT molecular complexity index is 607. The fourth-order valence-corrected chi connectivity index (χ4v) is 3.51. The van der Waals surface area contributed by atoms with Gasteiger partial charge in [0.15, 0.2) is 18.0 Å². The van der Waals surface area contributed by atoms with Gasteiger partial charge in [-0.3, -0.25) is 19.2 Å². The van der Waals surface area contributed by atoms with E-state index in [0.29, 0.717) is 0 Å². The normalized spacial score (nSPS) is 34.9. The van der Waals surface area contributed by atoms with Crippen LogP contribution in [0.5, 0.6) is 0 Å². The molecule has 1 heterocycles. The molecule has 10 nitrogen and oxygen atoms in total. The number of esters is 3. The number of methoxy groups -OCH3 is 1. The van der Waals surface area contributed by atoms with Crippen molar-refractivity contribution in [3.8, 4) is 0 Å². The molecule has 0 radical (unpaired) electrons. The van der Waals surface area contributed by atoms with Crippen LogP contribution in [-0.2, 0) is 42.9 Å². The van der Waals surface area contributed by atoms with Gasteiger partial charge < -0.3 is 29.0 Å². The first kappa shape index (κ1) is 20.1. The zero-order valence-corrected chi connectivity index (χ0v) is 15.3. The van der Waals surface area contributed by atoms with Crippen LogP contribution in [0.3, 0.4) is 0 Å². The van der Waals surface area contributed by atoms with Crippen LogP contribution in [0, 0.1) is 5.92 Å². The molecular weight excluding hydrogens is 350 g/mol. The predicted octanol–water partition coefficient (Wildman–Crippen LogP) is -0.711. The molecule has 0 bridgehead atoms. The summed E-state index contributed by atoms with van der Waals surface area (Å²) in [6.07, 6.45) is -2.71. The minimum absolute atomic E-state index is 0.233. The molecule has 1 aliphatic carbocycles. The van der Waals surface area contributed by atoms with Crippen molar-refractivity contribution in [3.05, 3.63) is 0 Å². The molecule has 0 spiro atoms. The summed E-state index contributed by atoms with van der Waals surface area (Å²) in [7, 11) is 1.38. The van der Waals surface area contributed by atoms with Crippen LogP contribution in [0.25, 0.3) is 0 Å². The Kier molecular flexibility index (Phi) is 5.87. The van der Waals surface area contributed by atoms with Gasteiger partial charge in [0, 0.05) is 34.8 Å². The molecular formula is C16H23NO9. The highest BCUT2D eigenvalue weighted by Crippen LogP contribution is 2.58. The molecule has 146 valence electrons. The van der Waals surface area contributed by atoms with Crippen LogP contribution in [-0.4, -0.2) is 67.7 Å². The highest BCUT2D eigenvalue weighted by molar-refractivity contribution is 5.74. The van der Waals surface area contributed by atoms with Crippen molar-refractivity contribution in [3.63, 3.8) is 0 Å². The van der Waals surface area contributed by atoms with E-state index in [4.69, 9.17) is 23.7 Å². The lowest BCUT2D eigenvalue weighted by Gasteiger charge is -2.38. The zero-order chi connectivity index (χ0) is 19.6. The second-order valence-electron chi connectivity index (χ2n) is 6.26. The fraction of sp³-hybridized carbons (Fsp3) is 0.750. The van der Waals surface area contributed by atoms with E-state index in [9.17, 15) is 19.2 Å². The van der Waals surface area contributed by atoms with Crippen molar-refractivity contribution in [2.24, 2.45) is 5.92 Å². The smallest absolute Gasteiger partial charge is 0.303 e. The lowest BCUT2D eigenvalue weighted by atomic mass is 10.00. The van der Waals surface area contributed by atoms with Gasteiger partial charge in [0.1, 0.15) is 12.7 Å². The van der Waals surface area contributed by atoms with Crippen LogP contribution in [0.1, 0.15) is 27.7 Å². The van der Waals surface area contributed by atoms with Gasteiger partial charge in [-0.25, -0.2) is 0 Å². The Morgan fingerprint density at radius 1 is 1.04 bits per heavy atom. The number of hydrogen-bond acceptors (Lipinski definition) is 9. The molecule has 1 aliphatic heterocycles. The van der Waals surface area contributed by atoms with E-state index in [1.54, 1.807) is 0 Å². The molecule has 2 rings (SSSR count). The molecule has 10 heteroatoms. The number of carbonyl (C=O) groups excluding carboxylic acids is 4. The summed E-state index contributed by atoms with van der Waals surface area (Å²) < 4.78 is 26.9. The van der Waals surface area contributed by atoms with Gasteiger partial charge in [0.2, 0.25) is 5.91 Å². The third-order valence-corrected chi connectivity index (χ3v) is 4.32. The third-order valence-electron chi connectivity index (χ3n) is 4.32. The van der Waals surface area contributed by atoms with E-state index >= 15 is 0 Å². The molecule has 1 saturated carbocycles. The highest BCUT2D eigenvalue weighted by Gasteiger charge is 2.81. The van der Waals surface area contributed by atoms with E-state index < -0.39 is 54.0 Å². The molecule has 26 heavy (non-hydrogen) atoms. The quantitative estimate of drug-likeness (QED) is 0.474. The minimum Gasteiger partial charge on any atom is -0.463 e. The average molecular weight is 373 g/mol. The van der Waals surface area contributed by atoms with Crippen molar-refractivity contribution < 1.29 is 42.9 Å². The molecule has 2 fully saturated rings. The molecule has 1 amide bonds. The molecule has 5 unspecified atom stereocenters. The lowest BCUT2D eigenvalue weighted by molar-refractivity contribution is -0.246. The zero-order valence-electron chi connectivity index (χ0n) is 15.3. The number of ether oxygens (including phenoxy) is 5. The summed E-state index contributed by atoms with van der Waals surface area (Å²) >= 11 is 0. The molecule has 0 aromatic heterocycles. The van der Waals surface area contributed by atoms with Gasteiger partial charge in [-0.05, 0) is 0 Å². The first-order valence-corrected chi connectivity index (χ1v) is 8.09. The monoisotopic (exact) mass is 373 g/mol. The maximum absolute atomic E-state index is 11.7. The van der Waals surface area contributed by atoms with E-state index in [1.807, 2.05) is 0 Å². The number of amides is 1. The second kappa shape index (κ2) is 7.58. The SMILES string of the molecule is CO[C@@H]1OC(COC(C)=O)C2(OC(C)=O)C(OC(C)=O)C2C1NC(C)=O. The molecule has 1 N–H and O–H groups in total. The van der Waals surface area contributed by atoms with Gasteiger partial charge in [0.05, 0.1) is 12.0 Å². The van der Waals surface area contributed by atoms with E-state index in [0.717, 1.165) is 0 Å². The average Bonchev–Trinajstić information content (AvgIpc) is 3.11. The summed E-state index contributed by atoms with van der Waals surface area (Å²) in [4.78, 5) is 46.0. The topological polar surface area (TPSA) is 126 Å². The van der Waals surface area contributed by atoms with Crippen molar-refractivity contribution >= 4 is 23.8 Å². The van der Waals surface area contributed by atoms with Gasteiger partial charge in [-0.2, -0.15) is 0 Å². The maximum atomic E-state index is 11.7. The Morgan fingerprint density at radius 3 is 2.15 bits per heavy atom. The predicted molar refractivity (Wildman–Crippen MR) is 83.4 cm³/mol. The number of carbonyl (C=O) groups is 4. The molecule has 6 atom stereocenters. The van der Waals surface area contributed by atoms with Crippen LogP contribution < -0.4 is 5.32 Å². The van der Waals surface area contributed by atoms with E-state index in [1.165, 1.54) is 34.8 Å². The van der Waals surface area contributed by atoms with Gasteiger partial charge in [-0.1, -0.05) is 0 Å². The Morgan fingerprint density at radius 2 is 1.69 bits per heavy atom. The molecule has 2 aliphatic rings. The van der Waals surface area contributed by atoms with Crippen LogP contribution in [0.15, 0.2) is 0 Å². The summed E-state index contributed by atoms with van der Waals surface area (Å²) in [5.74, 6) is -2.73. The fourth-order valence-electron chi connectivity index (χ4n) is 3.51. The van der Waals surface area contributed by atoms with Crippen molar-refractivity contribution in [2.45, 2.75) is 57.8 Å². The summed E-state index contributed by atoms with van der Waals surface area (Å²) in [5.41, 5.74) is -1.38. The van der Waals surface area contributed by atoms with Crippen molar-refractivity contribution in [2.75, 3.05) is 13.7 Å². The summed E-state index contributed by atoms with van der Waals surface area (Å²) in [6.45, 7) is 4.73. The first-order chi connectivity index (χ1) is 12.1.